The molecule has 3 nitrogen and oxygen atoms in total. The molecule has 106 valence electrons. The lowest BCUT2D eigenvalue weighted by Crippen LogP contribution is -2.12. The molecule has 2 rings (SSSR count). The number of hydrogen-bond acceptors (Lipinski definition) is 2. The molecule has 1 amide bonds. The number of rotatable bonds is 3. The quantitative estimate of drug-likeness (QED) is 0.848. The highest BCUT2D eigenvalue weighted by atomic mass is 16.1. The molecule has 0 heterocycles. The normalized spacial score (nSPS) is 9.62. The van der Waals surface area contributed by atoms with Crippen LogP contribution in [0, 0.1) is 11.8 Å². The standard InChI is InChI=1S/C18H18N2O/c1-2-14-6-4-10-17(13-14)20-18(21)16-9-3-7-15(12-16)8-5-11-19/h3-4,6-7,9-10,12-13H,2,11,19H2,1H3,(H,20,21). The minimum absolute atomic E-state index is 0.139. The van der Waals surface area contributed by atoms with Crippen LogP contribution in [-0.2, 0) is 6.42 Å². The zero-order chi connectivity index (χ0) is 15.1. The van der Waals surface area contributed by atoms with Crippen LogP contribution < -0.4 is 11.1 Å². The fraction of sp³-hybridized carbons (Fsp3) is 0.167. The number of amides is 1. The molecular formula is C18H18N2O. The maximum atomic E-state index is 12.3. The smallest absolute Gasteiger partial charge is 0.255 e. The third kappa shape index (κ3) is 4.20. The van der Waals surface area contributed by atoms with Crippen molar-refractivity contribution in [2.24, 2.45) is 5.73 Å². The number of nitrogens with one attached hydrogen (secondary N) is 1. The van der Waals surface area contributed by atoms with Crippen LogP contribution in [0.1, 0.15) is 28.4 Å². The molecule has 3 N–H and O–H groups in total. The van der Waals surface area contributed by atoms with E-state index in [0.29, 0.717) is 12.1 Å². The van der Waals surface area contributed by atoms with Crippen molar-refractivity contribution in [3.63, 3.8) is 0 Å². The Morgan fingerprint density at radius 2 is 2.00 bits per heavy atom. The first-order chi connectivity index (χ1) is 10.2. The van der Waals surface area contributed by atoms with Gasteiger partial charge in [-0.1, -0.05) is 37.0 Å². The lowest BCUT2D eigenvalue weighted by atomic mass is 10.1. The van der Waals surface area contributed by atoms with Crippen LogP contribution in [0.4, 0.5) is 5.69 Å². The lowest BCUT2D eigenvalue weighted by Gasteiger charge is -2.07. The first-order valence-electron chi connectivity index (χ1n) is 6.92. The third-order valence-corrected chi connectivity index (χ3v) is 3.05. The van der Waals surface area contributed by atoms with Gasteiger partial charge in [0.05, 0.1) is 6.54 Å². The second-order valence-corrected chi connectivity index (χ2v) is 4.59. The molecule has 0 aromatic heterocycles. The Hall–Kier alpha value is -2.57. The van der Waals surface area contributed by atoms with Gasteiger partial charge in [-0.05, 0) is 42.3 Å². The molecule has 0 unspecified atom stereocenters. The van der Waals surface area contributed by atoms with Gasteiger partial charge in [0.2, 0.25) is 0 Å². The molecule has 0 atom stereocenters. The van der Waals surface area contributed by atoms with Crippen LogP contribution in [0.3, 0.4) is 0 Å². The van der Waals surface area contributed by atoms with Crippen LogP contribution >= 0.6 is 0 Å². The van der Waals surface area contributed by atoms with E-state index in [1.165, 1.54) is 5.56 Å². The fourth-order valence-corrected chi connectivity index (χ4v) is 1.96. The molecule has 0 aliphatic rings. The van der Waals surface area contributed by atoms with Crippen molar-refractivity contribution >= 4 is 11.6 Å². The summed E-state index contributed by atoms with van der Waals surface area (Å²) in [4.78, 5) is 12.3. The van der Waals surface area contributed by atoms with Gasteiger partial charge >= 0.3 is 0 Å². The van der Waals surface area contributed by atoms with E-state index in [1.54, 1.807) is 12.1 Å². The summed E-state index contributed by atoms with van der Waals surface area (Å²) in [6.07, 6.45) is 0.938. The topological polar surface area (TPSA) is 55.1 Å². The van der Waals surface area contributed by atoms with Crippen molar-refractivity contribution < 1.29 is 4.79 Å². The molecule has 0 fully saturated rings. The molecule has 2 aromatic carbocycles. The number of anilines is 1. The predicted molar refractivity (Wildman–Crippen MR) is 86.1 cm³/mol. The van der Waals surface area contributed by atoms with Crippen molar-refractivity contribution in [3.8, 4) is 11.8 Å². The van der Waals surface area contributed by atoms with Crippen molar-refractivity contribution in [2.75, 3.05) is 11.9 Å². The molecule has 0 radical (unpaired) electrons. The molecule has 0 spiro atoms. The summed E-state index contributed by atoms with van der Waals surface area (Å²) < 4.78 is 0. The molecule has 0 aliphatic carbocycles. The van der Waals surface area contributed by atoms with Crippen molar-refractivity contribution in [2.45, 2.75) is 13.3 Å². The molecule has 0 saturated carbocycles. The first kappa shape index (κ1) is 14.8. The third-order valence-electron chi connectivity index (χ3n) is 3.05. The Morgan fingerprint density at radius 3 is 2.76 bits per heavy atom. The highest BCUT2D eigenvalue weighted by Gasteiger charge is 2.06. The Labute approximate surface area is 125 Å². The van der Waals surface area contributed by atoms with Crippen molar-refractivity contribution in [1.29, 1.82) is 0 Å². The largest absolute Gasteiger partial charge is 0.322 e. The second-order valence-electron chi connectivity index (χ2n) is 4.59. The van der Waals surface area contributed by atoms with Gasteiger partial charge in [-0.3, -0.25) is 4.79 Å². The predicted octanol–water partition coefficient (Wildman–Crippen LogP) is 2.81. The van der Waals surface area contributed by atoms with Crippen LogP contribution in [0.15, 0.2) is 48.5 Å². The van der Waals surface area contributed by atoms with Gasteiger partial charge in [0.1, 0.15) is 0 Å². The molecule has 0 aliphatic heterocycles. The summed E-state index contributed by atoms with van der Waals surface area (Å²) in [5, 5.41) is 2.90. The Kier molecular flexibility index (Phi) is 5.14. The number of carbonyl (C=O) groups excluding carboxylic acids is 1. The van der Waals surface area contributed by atoms with E-state index >= 15 is 0 Å². The average molecular weight is 278 g/mol. The number of nitrogens with two attached hydrogens (primary N) is 1. The fourth-order valence-electron chi connectivity index (χ4n) is 1.96. The van der Waals surface area contributed by atoms with E-state index in [1.807, 2.05) is 36.4 Å². The van der Waals surface area contributed by atoms with E-state index in [-0.39, 0.29) is 5.91 Å². The van der Waals surface area contributed by atoms with Gasteiger partial charge in [-0.2, -0.15) is 0 Å². The molecular weight excluding hydrogens is 260 g/mol. The minimum Gasteiger partial charge on any atom is -0.322 e. The minimum atomic E-state index is -0.139. The zero-order valence-electron chi connectivity index (χ0n) is 12.0. The molecule has 2 aromatic rings. The summed E-state index contributed by atoms with van der Waals surface area (Å²) in [5.74, 6) is 5.57. The van der Waals surface area contributed by atoms with Gasteiger partial charge in [-0.15, -0.1) is 0 Å². The number of aryl methyl sites for hydroxylation is 1. The molecule has 3 heteroatoms. The van der Waals surface area contributed by atoms with Crippen LogP contribution in [0.2, 0.25) is 0 Å². The molecule has 0 saturated heterocycles. The first-order valence-corrected chi connectivity index (χ1v) is 6.92. The van der Waals surface area contributed by atoms with Crippen LogP contribution in [0.25, 0.3) is 0 Å². The van der Waals surface area contributed by atoms with E-state index in [9.17, 15) is 4.79 Å². The Morgan fingerprint density at radius 1 is 1.19 bits per heavy atom. The highest BCUT2D eigenvalue weighted by Crippen LogP contribution is 2.13. The monoisotopic (exact) mass is 278 g/mol. The zero-order valence-corrected chi connectivity index (χ0v) is 12.0. The second kappa shape index (κ2) is 7.28. The van der Waals surface area contributed by atoms with E-state index in [2.05, 4.69) is 24.1 Å². The maximum absolute atomic E-state index is 12.3. The van der Waals surface area contributed by atoms with Gasteiger partial charge in [0, 0.05) is 16.8 Å². The molecule has 21 heavy (non-hydrogen) atoms. The van der Waals surface area contributed by atoms with Gasteiger partial charge in [0.15, 0.2) is 0 Å². The summed E-state index contributed by atoms with van der Waals surface area (Å²) in [7, 11) is 0. The SMILES string of the molecule is CCc1cccc(NC(=O)c2cccc(C#CCN)c2)c1. The average Bonchev–Trinajstić information content (AvgIpc) is 2.53. The Bertz CT molecular complexity index is 696. The Balaban J connectivity index is 2.16. The summed E-state index contributed by atoms with van der Waals surface area (Å²) in [6, 6.07) is 15.1. The van der Waals surface area contributed by atoms with E-state index in [0.717, 1.165) is 17.7 Å². The van der Waals surface area contributed by atoms with E-state index in [4.69, 9.17) is 5.73 Å². The highest BCUT2D eigenvalue weighted by molar-refractivity contribution is 6.04. The number of hydrogen-bond donors (Lipinski definition) is 2. The van der Waals surface area contributed by atoms with Crippen LogP contribution in [0.5, 0.6) is 0 Å². The van der Waals surface area contributed by atoms with Gasteiger partial charge < -0.3 is 11.1 Å². The number of carbonyl (C=O) groups is 1. The number of benzene rings is 2. The van der Waals surface area contributed by atoms with Crippen molar-refractivity contribution in [1.82, 2.24) is 0 Å². The van der Waals surface area contributed by atoms with Crippen molar-refractivity contribution in [3.05, 3.63) is 65.2 Å². The van der Waals surface area contributed by atoms with Crippen LogP contribution in [-0.4, -0.2) is 12.5 Å². The summed E-state index contributed by atoms with van der Waals surface area (Å²) in [5.41, 5.74) is 8.72. The lowest BCUT2D eigenvalue weighted by molar-refractivity contribution is 0.102. The van der Waals surface area contributed by atoms with Gasteiger partial charge in [0.25, 0.3) is 5.91 Å². The molecule has 0 bridgehead atoms. The summed E-state index contributed by atoms with van der Waals surface area (Å²) in [6.45, 7) is 2.39. The maximum Gasteiger partial charge on any atom is 0.255 e. The van der Waals surface area contributed by atoms with E-state index < -0.39 is 0 Å². The van der Waals surface area contributed by atoms with Gasteiger partial charge in [-0.25, -0.2) is 0 Å². The summed E-state index contributed by atoms with van der Waals surface area (Å²) >= 11 is 0.